The molecule has 3 aliphatic rings. The Bertz CT molecular complexity index is 839. The first-order valence-electron chi connectivity index (χ1n) is 11.4. The minimum absolute atomic E-state index is 0.0375. The van der Waals surface area contributed by atoms with Gasteiger partial charge in [0.1, 0.15) is 5.75 Å². The number of hydrogen-bond donors (Lipinski definition) is 1. The van der Waals surface area contributed by atoms with E-state index in [1.165, 1.54) is 36.6 Å². The highest BCUT2D eigenvalue weighted by atomic mass is 35.5. The molecule has 1 spiro atoms. The molecule has 32 heavy (non-hydrogen) atoms. The van der Waals surface area contributed by atoms with E-state index in [1.54, 1.807) is 17.0 Å². The standard InChI is InChI=1S/C23H31Cl2N3O4/c24-19-2-1-18(15-20(19)25)32-22(31)27-10-4-21(30)28(14-13-27)17(16-29)3-9-26-11-7-23(5-6-23)8-12-26/h1-2,15,17,29H,3-14,16H2. The number of piperidine rings is 1. The minimum atomic E-state index is -0.527. The Morgan fingerprint density at radius 1 is 1.06 bits per heavy atom. The summed E-state index contributed by atoms with van der Waals surface area (Å²) in [6, 6.07) is 4.41. The van der Waals surface area contributed by atoms with E-state index in [1.807, 2.05) is 0 Å². The molecule has 0 bridgehead atoms. The number of hydrogen-bond acceptors (Lipinski definition) is 5. The lowest BCUT2D eigenvalue weighted by Crippen LogP contribution is -2.46. The maximum Gasteiger partial charge on any atom is 0.415 e. The molecule has 1 unspecified atom stereocenters. The van der Waals surface area contributed by atoms with E-state index in [4.69, 9.17) is 27.9 Å². The smallest absolute Gasteiger partial charge is 0.410 e. The van der Waals surface area contributed by atoms with Crippen LogP contribution in [0.4, 0.5) is 4.79 Å². The largest absolute Gasteiger partial charge is 0.415 e. The quantitative estimate of drug-likeness (QED) is 0.668. The summed E-state index contributed by atoms with van der Waals surface area (Å²) in [6.45, 7) is 4.05. The zero-order valence-electron chi connectivity index (χ0n) is 18.3. The normalized spacial score (nSPS) is 22.0. The highest BCUT2D eigenvalue weighted by molar-refractivity contribution is 6.42. The first kappa shape index (κ1) is 23.6. The molecule has 7 nitrogen and oxygen atoms in total. The van der Waals surface area contributed by atoms with Gasteiger partial charge in [0.2, 0.25) is 5.91 Å². The van der Waals surface area contributed by atoms with Crippen molar-refractivity contribution in [2.24, 2.45) is 5.41 Å². The zero-order valence-corrected chi connectivity index (χ0v) is 19.8. The van der Waals surface area contributed by atoms with Crippen LogP contribution in [0.15, 0.2) is 18.2 Å². The summed E-state index contributed by atoms with van der Waals surface area (Å²) in [4.78, 5) is 31.1. The molecular weight excluding hydrogens is 453 g/mol. The molecule has 176 valence electrons. The van der Waals surface area contributed by atoms with Gasteiger partial charge < -0.3 is 24.5 Å². The van der Waals surface area contributed by atoms with Crippen LogP contribution in [-0.2, 0) is 4.79 Å². The fourth-order valence-corrected chi connectivity index (χ4v) is 5.01. The van der Waals surface area contributed by atoms with Crippen molar-refractivity contribution >= 4 is 35.2 Å². The lowest BCUT2D eigenvalue weighted by Gasteiger charge is -2.35. The van der Waals surface area contributed by atoms with E-state index >= 15 is 0 Å². The number of rotatable bonds is 6. The molecule has 1 atom stereocenters. The number of nitrogens with zero attached hydrogens (tertiary/aromatic N) is 3. The van der Waals surface area contributed by atoms with Crippen molar-refractivity contribution in [1.82, 2.24) is 14.7 Å². The van der Waals surface area contributed by atoms with Crippen LogP contribution < -0.4 is 4.74 Å². The molecule has 0 radical (unpaired) electrons. The fraction of sp³-hybridized carbons (Fsp3) is 0.652. The minimum Gasteiger partial charge on any atom is -0.410 e. The monoisotopic (exact) mass is 483 g/mol. The van der Waals surface area contributed by atoms with Crippen molar-refractivity contribution in [1.29, 1.82) is 0 Å². The van der Waals surface area contributed by atoms with Crippen LogP contribution in [0.25, 0.3) is 0 Å². The summed E-state index contributed by atoms with van der Waals surface area (Å²) in [6.07, 6.45) is 5.73. The zero-order chi connectivity index (χ0) is 22.7. The molecule has 1 saturated carbocycles. The summed E-state index contributed by atoms with van der Waals surface area (Å²) < 4.78 is 5.41. The van der Waals surface area contributed by atoms with Gasteiger partial charge in [-0.25, -0.2) is 4.79 Å². The third-order valence-corrected chi connectivity index (χ3v) is 7.92. The topological polar surface area (TPSA) is 73.3 Å². The third-order valence-electron chi connectivity index (χ3n) is 7.19. The van der Waals surface area contributed by atoms with E-state index in [2.05, 4.69) is 4.90 Å². The Hall–Kier alpha value is -1.54. The maximum absolute atomic E-state index is 12.8. The highest BCUT2D eigenvalue weighted by Gasteiger charge is 2.44. The van der Waals surface area contributed by atoms with Gasteiger partial charge in [0.05, 0.1) is 22.7 Å². The van der Waals surface area contributed by atoms with Gasteiger partial charge >= 0.3 is 6.09 Å². The fourth-order valence-electron chi connectivity index (χ4n) is 4.72. The first-order valence-corrected chi connectivity index (χ1v) is 12.2. The SMILES string of the molecule is O=C(Oc1ccc(Cl)c(Cl)c1)N1CCC(=O)N(C(CO)CCN2CCC3(CC2)CC3)CC1. The third kappa shape index (κ3) is 5.68. The maximum atomic E-state index is 12.8. The Kier molecular flexibility index (Phi) is 7.50. The van der Waals surface area contributed by atoms with Gasteiger partial charge in [0.15, 0.2) is 0 Å². The van der Waals surface area contributed by atoms with E-state index in [9.17, 15) is 14.7 Å². The number of carbonyl (C=O) groups is 2. The van der Waals surface area contributed by atoms with E-state index < -0.39 is 6.09 Å². The highest BCUT2D eigenvalue weighted by Crippen LogP contribution is 2.53. The molecule has 1 aliphatic carbocycles. The van der Waals surface area contributed by atoms with Crippen molar-refractivity contribution < 1.29 is 19.4 Å². The summed E-state index contributed by atoms with van der Waals surface area (Å²) in [5, 5.41) is 10.7. The number of aliphatic hydroxyl groups excluding tert-OH is 1. The summed E-state index contributed by atoms with van der Waals surface area (Å²) in [7, 11) is 0. The Morgan fingerprint density at radius 3 is 2.47 bits per heavy atom. The van der Waals surface area contributed by atoms with Gasteiger partial charge in [0, 0.05) is 38.7 Å². The van der Waals surface area contributed by atoms with Crippen LogP contribution in [-0.4, -0.2) is 83.7 Å². The average Bonchev–Trinajstić information content (AvgIpc) is 3.57. The van der Waals surface area contributed by atoms with Gasteiger partial charge in [-0.3, -0.25) is 4.79 Å². The van der Waals surface area contributed by atoms with E-state index in [-0.39, 0.29) is 31.5 Å². The van der Waals surface area contributed by atoms with Gasteiger partial charge in [-0.2, -0.15) is 0 Å². The predicted octanol–water partition coefficient (Wildman–Crippen LogP) is 3.65. The van der Waals surface area contributed by atoms with Gasteiger partial charge in [-0.05, 0) is 62.7 Å². The van der Waals surface area contributed by atoms with Crippen molar-refractivity contribution in [3.05, 3.63) is 28.2 Å². The van der Waals surface area contributed by atoms with Crippen LogP contribution in [0.2, 0.25) is 10.0 Å². The van der Waals surface area contributed by atoms with Crippen LogP contribution in [0.5, 0.6) is 5.75 Å². The second-order valence-electron chi connectivity index (χ2n) is 9.23. The second-order valence-corrected chi connectivity index (χ2v) is 10.0. The molecule has 2 amide bonds. The molecule has 2 heterocycles. The molecule has 1 N–H and O–H groups in total. The lowest BCUT2D eigenvalue weighted by atomic mass is 9.93. The van der Waals surface area contributed by atoms with Crippen molar-refractivity contribution in [2.45, 2.75) is 44.6 Å². The molecule has 2 aliphatic heterocycles. The number of aliphatic hydroxyl groups is 1. The van der Waals surface area contributed by atoms with E-state index in [0.717, 1.165) is 26.1 Å². The van der Waals surface area contributed by atoms with Gasteiger partial charge in [-0.1, -0.05) is 23.2 Å². The Morgan fingerprint density at radius 2 is 1.81 bits per heavy atom. The molecular formula is C23H31Cl2N3O4. The van der Waals surface area contributed by atoms with E-state index in [0.29, 0.717) is 34.3 Å². The number of halogens is 2. The Labute approximate surface area is 199 Å². The predicted molar refractivity (Wildman–Crippen MR) is 123 cm³/mol. The molecule has 1 aromatic rings. The van der Waals surface area contributed by atoms with Crippen LogP contribution in [0.3, 0.4) is 0 Å². The van der Waals surface area contributed by atoms with Crippen LogP contribution >= 0.6 is 23.2 Å². The van der Waals surface area contributed by atoms with Gasteiger partial charge in [0.25, 0.3) is 0 Å². The molecule has 1 aromatic carbocycles. The van der Waals surface area contributed by atoms with Crippen LogP contribution in [0.1, 0.15) is 38.5 Å². The summed E-state index contributed by atoms with van der Waals surface area (Å²) >= 11 is 11.9. The van der Waals surface area contributed by atoms with Crippen molar-refractivity contribution in [3.63, 3.8) is 0 Å². The van der Waals surface area contributed by atoms with Crippen molar-refractivity contribution in [2.75, 3.05) is 45.9 Å². The van der Waals surface area contributed by atoms with Crippen molar-refractivity contribution in [3.8, 4) is 5.75 Å². The van der Waals surface area contributed by atoms with Gasteiger partial charge in [-0.15, -0.1) is 0 Å². The summed E-state index contributed by atoms with van der Waals surface area (Å²) in [5.41, 5.74) is 0.642. The first-order chi connectivity index (χ1) is 15.4. The number of amides is 2. The Balaban J connectivity index is 1.28. The average molecular weight is 484 g/mol. The summed E-state index contributed by atoms with van der Waals surface area (Å²) in [5.74, 6) is 0.268. The second kappa shape index (κ2) is 10.2. The number of ether oxygens (including phenoxy) is 1. The lowest BCUT2D eigenvalue weighted by molar-refractivity contribution is -0.133. The molecule has 0 aromatic heterocycles. The molecule has 4 rings (SSSR count). The number of benzene rings is 1. The number of carbonyl (C=O) groups excluding carboxylic acids is 2. The molecule has 9 heteroatoms. The molecule has 2 saturated heterocycles. The van der Waals surface area contributed by atoms with Crippen LogP contribution in [0, 0.1) is 5.41 Å². The number of likely N-dealkylation sites (tertiary alicyclic amines) is 1. The molecule has 3 fully saturated rings.